The highest BCUT2D eigenvalue weighted by atomic mass is 16.6. The van der Waals surface area contributed by atoms with Crippen molar-refractivity contribution in [1.29, 1.82) is 0 Å². The molecule has 0 atom stereocenters. The number of aromatic nitrogens is 3. The summed E-state index contributed by atoms with van der Waals surface area (Å²) in [6.45, 7) is 2.45. The van der Waals surface area contributed by atoms with Gasteiger partial charge in [-0.3, -0.25) is 14.2 Å². The minimum atomic E-state index is -1.51. The van der Waals surface area contributed by atoms with E-state index in [0.717, 1.165) is 58.5 Å². The molecular weight excluding hydrogens is 445 g/mol. The first-order valence-corrected chi connectivity index (χ1v) is 11.5. The number of carbonyl (C=O) groups is 1. The van der Waals surface area contributed by atoms with Gasteiger partial charge in [0.25, 0.3) is 5.91 Å². The third kappa shape index (κ3) is 4.39. The maximum Gasteiger partial charge on any atom is 0.488 e. The quantitative estimate of drug-likeness (QED) is 0.240. The van der Waals surface area contributed by atoms with Gasteiger partial charge < -0.3 is 15.4 Å². The number of rotatable bonds is 7. The fourth-order valence-corrected chi connectivity index (χ4v) is 4.69. The molecule has 1 aliphatic rings. The standard InChI is InChI=1S/C25H26BN5O4/c1-15-12-20-18(24(32)30-35-2)8-5-11-22(20)31(15)25-28-21-10-4-9-19(21)23(29-25)27-14-16-6-3-7-17(13-16)26(33)34/h3,5-8,11-13,33-34H,4,9-10,14H2,1-2H3,(H,30,32)(H,27,28,29). The van der Waals surface area contributed by atoms with Crippen molar-refractivity contribution >= 4 is 35.2 Å². The van der Waals surface area contributed by atoms with E-state index in [1.807, 2.05) is 35.8 Å². The maximum atomic E-state index is 12.5. The molecule has 2 heterocycles. The Balaban J connectivity index is 1.54. The topological polar surface area (TPSA) is 122 Å². The number of benzene rings is 2. The van der Waals surface area contributed by atoms with Crippen molar-refractivity contribution in [3.05, 3.63) is 76.6 Å². The second kappa shape index (κ2) is 9.49. The van der Waals surface area contributed by atoms with Crippen LogP contribution in [0, 0.1) is 6.92 Å². The van der Waals surface area contributed by atoms with Gasteiger partial charge in [-0.2, -0.15) is 4.98 Å². The minimum absolute atomic E-state index is 0.317. The summed E-state index contributed by atoms with van der Waals surface area (Å²) in [7, 11) is -0.102. The molecule has 10 heteroatoms. The van der Waals surface area contributed by atoms with Crippen molar-refractivity contribution in [3.63, 3.8) is 0 Å². The molecule has 178 valence electrons. The van der Waals surface area contributed by atoms with Crippen LogP contribution in [-0.2, 0) is 24.2 Å². The lowest BCUT2D eigenvalue weighted by Gasteiger charge is -2.15. The Bertz CT molecular complexity index is 1420. The SMILES string of the molecule is CONC(=O)c1cccc2c1cc(C)n2-c1nc2c(c(NCc3cccc(B(O)O)c3)n1)CCC2. The summed E-state index contributed by atoms with van der Waals surface area (Å²) >= 11 is 0. The molecule has 0 radical (unpaired) electrons. The number of aryl methyl sites for hydroxylation is 2. The average molecular weight is 471 g/mol. The highest BCUT2D eigenvalue weighted by molar-refractivity contribution is 6.58. The van der Waals surface area contributed by atoms with Crippen LogP contribution in [0.2, 0.25) is 0 Å². The van der Waals surface area contributed by atoms with Gasteiger partial charge in [0.15, 0.2) is 0 Å². The summed E-state index contributed by atoms with van der Waals surface area (Å²) in [5, 5.41) is 23.2. The van der Waals surface area contributed by atoms with Gasteiger partial charge in [-0.25, -0.2) is 10.5 Å². The van der Waals surface area contributed by atoms with E-state index < -0.39 is 7.12 Å². The van der Waals surface area contributed by atoms with Gasteiger partial charge in [0.05, 0.1) is 23.9 Å². The molecule has 9 nitrogen and oxygen atoms in total. The Morgan fingerprint density at radius 2 is 1.97 bits per heavy atom. The number of carbonyl (C=O) groups excluding carboxylic acids is 1. The van der Waals surface area contributed by atoms with Gasteiger partial charge in [-0.15, -0.1) is 0 Å². The first-order valence-electron chi connectivity index (χ1n) is 11.5. The molecule has 5 rings (SSSR count). The molecule has 0 aliphatic heterocycles. The van der Waals surface area contributed by atoms with Crippen molar-refractivity contribution in [2.24, 2.45) is 0 Å². The maximum absolute atomic E-state index is 12.5. The summed E-state index contributed by atoms with van der Waals surface area (Å²) in [6.07, 6.45) is 2.80. The van der Waals surface area contributed by atoms with E-state index in [1.165, 1.54) is 7.11 Å². The van der Waals surface area contributed by atoms with Gasteiger partial charge in [0, 0.05) is 23.2 Å². The number of anilines is 1. The third-order valence-electron chi connectivity index (χ3n) is 6.30. The highest BCUT2D eigenvalue weighted by Crippen LogP contribution is 2.31. The van der Waals surface area contributed by atoms with E-state index >= 15 is 0 Å². The smallest absolute Gasteiger partial charge is 0.423 e. The normalized spacial score (nSPS) is 12.6. The number of nitrogens with zero attached hydrogens (tertiary/aromatic N) is 3. The van der Waals surface area contributed by atoms with Gasteiger partial charge in [-0.1, -0.05) is 30.3 Å². The third-order valence-corrected chi connectivity index (χ3v) is 6.30. The van der Waals surface area contributed by atoms with Crippen LogP contribution in [0.1, 0.15) is 39.3 Å². The van der Waals surface area contributed by atoms with Crippen LogP contribution in [0.15, 0.2) is 48.5 Å². The zero-order valence-electron chi connectivity index (χ0n) is 19.6. The van der Waals surface area contributed by atoms with Crippen molar-refractivity contribution in [3.8, 4) is 5.95 Å². The lowest BCUT2D eigenvalue weighted by Crippen LogP contribution is -2.30. The largest absolute Gasteiger partial charge is 0.488 e. The molecule has 4 N–H and O–H groups in total. The lowest BCUT2D eigenvalue weighted by molar-refractivity contribution is 0.0539. The van der Waals surface area contributed by atoms with Crippen LogP contribution in [0.25, 0.3) is 16.9 Å². The summed E-state index contributed by atoms with van der Waals surface area (Å²) in [5.74, 6) is 0.999. The highest BCUT2D eigenvalue weighted by Gasteiger charge is 2.22. The fraction of sp³-hybridized carbons (Fsp3) is 0.240. The van der Waals surface area contributed by atoms with Crippen LogP contribution < -0.4 is 16.3 Å². The molecule has 35 heavy (non-hydrogen) atoms. The molecule has 0 fully saturated rings. The Kier molecular flexibility index (Phi) is 6.25. The molecule has 4 aromatic rings. The molecule has 1 amide bonds. The lowest BCUT2D eigenvalue weighted by atomic mass is 9.79. The summed E-state index contributed by atoms with van der Waals surface area (Å²) in [4.78, 5) is 27.1. The Hall–Kier alpha value is -3.73. The first kappa shape index (κ1) is 23.0. The second-order valence-electron chi connectivity index (χ2n) is 8.62. The number of hydrogen-bond acceptors (Lipinski definition) is 7. The second-order valence-corrected chi connectivity index (χ2v) is 8.62. The minimum Gasteiger partial charge on any atom is -0.423 e. The Morgan fingerprint density at radius 1 is 1.14 bits per heavy atom. The van der Waals surface area contributed by atoms with Gasteiger partial charge >= 0.3 is 7.12 Å². The van der Waals surface area contributed by atoms with Gasteiger partial charge in [0.2, 0.25) is 5.95 Å². The van der Waals surface area contributed by atoms with E-state index in [9.17, 15) is 14.8 Å². The number of hydroxylamine groups is 1. The molecule has 0 bridgehead atoms. The van der Waals surface area contributed by atoms with Crippen molar-refractivity contribution in [2.75, 3.05) is 12.4 Å². The molecule has 0 saturated carbocycles. The van der Waals surface area contributed by atoms with Crippen molar-refractivity contribution < 1.29 is 19.7 Å². The molecular formula is C25H26BN5O4. The van der Waals surface area contributed by atoms with Crippen molar-refractivity contribution in [2.45, 2.75) is 32.7 Å². The molecule has 0 spiro atoms. The monoisotopic (exact) mass is 471 g/mol. The van der Waals surface area contributed by atoms with Crippen LogP contribution in [0.3, 0.4) is 0 Å². The molecule has 1 aliphatic carbocycles. The predicted molar refractivity (Wildman–Crippen MR) is 134 cm³/mol. The molecule has 2 aromatic heterocycles. The van der Waals surface area contributed by atoms with Crippen LogP contribution in [0.4, 0.5) is 5.82 Å². The Morgan fingerprint density at radius 3 is 2.77 bits per heavy atom. The van der Waals surface area contributed by atoms with Gasteiger partial charge in [-0.05, 0) is 55.4 Å². The number of fused-ring (bicyclic) bond motifs is 2. The fourth-order valence-electron chi connectivity index (χ4n) is 4.69. The summed E-state index contributed by atoms with van der Waals surface area (Å²) < 4.78 is 1.96. The summed E-state index contributed by atoms with van der Waals surface area (Å²) in [6, 6.07) is 14.7. The van der Waals surface area contributed by atoms with E-state index in [0.29, 0.717) is 23.5 Å². The number of amides is 1. The van der Waals surface area contributed by atoms with E-state index in [-0.39, 0.29) is 5.91 Å². The van der Waals surface area contributed by atoms with Crippen molar-refractivity contribution in [1.82, 2.24) is 20.0 Å². The molecule has 2 aromatic carbocycles. The number of nitrogens with one attached hydrogen (secondary N) is 2. The zero-order chi connectivity index (χ0) is 24.5. The molecule has 0 unspecified atom stereocenters. The summed E-state index contributed by atoms with van der Waals surface area (Å²) in [5.41, 5.74) is 8.13. The predicted octanol–water partition coefficient (Wildman–Crippen LogP) is 1.80. The molecule has 0 saturated heterocycles. The van der Waals surface area contributed by atoms with Crippen LogP contribution in [-0.4, -0.2) is 44.7 Å². The van der Waals surface area contributed by atoms with E-state index in [4.69, 9.17) is 14.8 Å². The zero-order valence-corrected chi connectivity index (χ0v) is 19.6. The Labute approximate surface area is 202 Å². The number of hydrogen-bond donors (Lipinski definition) is 4. The van der Waals surface area contributed by atoms with E-state index in [2.05, 4.69) is 10.8 Å². The van der Waals surface area contributed by atoms with Crippen LogP contribution in [0.5, 0.6) is 0 Å². The van der Waals surface area contributed by atoms with Gasteiger partial charge in [0.1, 0.15) is 5.82 Å². The van der Waals surface area contributed by atoms with E-state index in [1.54, 1.807) is 24.3 Å². The first-order chi connectivity index (χ1) is 17.0. The average Bonchev–Trinajstić information content (AvgIpc) is 3.46. The van der Waals surface area contributed by atoms with Crippen LogP contribution >= 0.6 is 0 Å².